The Bertz CT molecular complexity index is 2080. The number of aromatic nitrogens is 1. The second-order valence-electron chi connectivity index (χ2n) is 11.0. The number of rotatable bonds is 1. The van der Waals surface area contributed by atoms with E-state index in [4.69, 9.17) is 9.15 Å². The lowest BCUT2D eigenvalue weighted by Gasteiger charge is -2.31. The lowest BCUT2D eigenvalue weighted by molar-refractivity contribution is -0.681. The smallest absolute Gasteiger partial charge is 0.378 e. The third kappa shape index (κ3) is 2.78. The molecule has 194 valence electrons. The first kappa shape index (κ1) is 22.0. The topological polar surface area (TPSA) is 66.8 Å². The predicted octanol–water partition coefficient (Wildman–Crippen LogP) is 6.87. The van der Waals surface area contributed by atoms with Gasteiger partial charge in [0, 0.05) is 23.9 Å². The van der Waals surface area contributed by atoms with Crippen molar-refractivity contribution in [3.8, 4) is 5.75 Å². The fourth-order valence-electron chi connectivity index (χ4n) is 7.02. The number of benzene rings is 4. The highest BCUT2D eigenvalue weighted by Gasteiger charge is 2.46. The Kier molecular flexibility index (Phi) is 4.32. The second kappa shape index (κ2) is 7.85. The molecule has 6 nitrogen and oxygen atoms in total. The van der Waals surface area contributed by atoms with Gasteiger partial charge in [0.15, 0.2) is 12.3 Å². The molecule has 6 heteroatoms. The predicted molar refractivity (Wildman–Crippen MR) is 153 cm³/mol. The molecule has 0 atom stereocenters. The van der Waals surface area contributed by atoms with Crippen molar-refractivity contribution in [1.29, 1.82) is 0 Å². The van der Waals surface area contributed by atoms with E-state index in [1.807, 2.05) is 30.3 Å². The average Bonchev–Trinajstić information content (AvgIpc) is 3.58. The fourth-order valence-corrected chi connectivity index (χ4v) is 7.02. The number of hydrogen-bond donors (Lipinski definition) is 1. The highest BCUT2D eigenvalue weighted by molar-refractivity contribution is 6.25. The van der Waals surface area contributed by atoms with E-state index in [0.29, 0.717) is 35.8 Å². The van der Waals surface area contributed by atoms with Crippen LogP contribution in [0, 0.1) is 0 Å². The molecule has 0 saturated carbocycles. The van der Waals surface area contributed by atoms with Gasteiger partial charge >= 0.3 is 5.89 Å². The number of Topliss-reactive ketones (excluding diaryl/α,β-unsaturated/α-hetero) is 1. The molecule has 3 aliphatic heterocycles. The van der Waals surface area contributed by atoms with Gasteiger partial charge < -0.3 is 19.2 Å². The molecule has 5 aromatic rings. The standard InChI is InChI=1S/C34H24N2O4/c37-30-27(23-11-5-17-35-25-15-13-20-8-2-4-10-22(20)32(25)40-33(23)35)31(38)28(30)24-12-6-18-36-29-21-9-3-1-7-19(21)14-16-26(29)39-34(24)36/h1-4,7-10,13-16H,5-6,11-12,17-18H2/p+1. The van der Waals surface area contributed by atoms with Crippen LogP contribution in [0.4, 0.5) is 5.69 Å². The zero-order valence-corrected chi connectivity index (χ0v) is 21.7. The number of hydrogen-bond acceptors (Lipinski definition) is 5. The number of ketones is 1. The van der Waals surface area contributed by atoms with Gasteiger partial charge in [0.2, 0.25) is 17.2 Å². The lowest BCUT2D eigenvalue weighted by Crippen LogP contribution is -2.40. The van der Waals surface area contributed by atoms with Crippen LogP contribution in [0.15, 0.2) is 106 Å². The Balaban J connectivity index is 1.19. The molecule has 4 aromatic carbocycles. The summed E-state index contributed by atoms with van der Waals surface area (Å²) >= 11 is 0. The number of oxazole rings is 1. The van der Waals surface area contributed by atoms with Crippen molar-refractivity contribution in [3.05, 3.63) is 107 Å². The van der Waals surface area contributed by atoms with Crippen LogP contribution in [0.5, 0.6) is 5.75 Å². The number of ether oxygens (including phenoxy) is 1. The zero-order chi connectivity index (χ0) is 26.5. The third-order valence-corrected chi connectivity index (χ3v) is 8.84. The van der Waals surface area contributed by atoms with Crippen LogP contribution in [0.3, 0.4) is 0 Å². The molecule has 40 heavy (non-hydrogen) atoms. The van der Waals surface area contributed by atoms with Crippen LogP contribution in [-0.4, -0.2) is 17.4 Å². The first-order valence-electron chi connectivity index (χ1n) is 14.0. The minimum Gasteiger partial charge on any atom is -0.506 e. The highest BCUT2D eigenvalue weighted by atomic mass is 16.5. The van der Waals surface area contributed by atoms with E-state index in [2.05, 4.69) is 51.9 Å². The molecule has 1 aromatic heterocycles. The van der Waals surface area contributed by atoms with Crippen molar-refractivity contribution >= 4 is 49.7 Å². The Morgan fingerprint density at radius 1 is 0.800 bits per heavy atom. The van der Waals surface area contributed by atoms with Gasteiger partial charge in [-0.1, -0.05) is 54.6 Å². The maximum atomic E-state index is 13.8. The van der Waals surface area contributed by atoms with Gasteiger partial charge in [0.05, 0.1) is 27.8 Å². The molecule has 0 radical (unpaired) electrons. The third-order valence-electron chi connectivity index (χ3n) is 8.84. The lowest BCUT2D eigenvalue weighted by atomic mass is 9.77. The molecule has 0 unspecified atom stereocenters. The molecule has 0 spiro atoms. The van der Waals surface area contributed by atoms with Crippen molar-refractivity contribution < 1.29 is 23.6 Å². The van der Waals surface area contributed by atoms with E-state index < -0.39 is 0 Å². The maximum Gasteiger partial charge on any atom is 0.378 e. The number of nitrogens with zero attached hydrogens (tertiary/aromatic N) is 2. The molecule has 4 heterocycles. The van der Waals surface area contributed by atoms with Gasteiger partial charge in [-0.15, -0.1) is 0 Å². The van der Waals surface area contributed by atoms with Crippen molar-refractivity contribution in [2.45, 2.75) is 32.2 Å². The molecule has 0 fully saturated rings. The van der Waals surface area contributed by atoms with Crippen molar-refractivity contribution in [2.24, 2.45) is 0 Å². The monoisotopic (exact) mass is 525 g/mol. The van der Waals surface area contributed by atoms with Crippen molar-refractivity contribution in [3.63, 3.8) is 0 Å². The number of anilines is 1. The Morgan fingerprint density at radius 3 is 2.40 bits per heavy atom. The van der Waals surface area contributed by atoms with Gasteiger partial charge in [-0.25, -0.2) is 0 Å². The van der Waals surface area contributed by atoms with Gasteiger partial charge in [-0.05, 0) is 48.2 Å². The summed E-state index contributed by atoms with van der Waals surface area (Å²) < 4.78 is 15.0. The Hall–Kier alpha value is -4.84. The average molecular weight is 526 g/mol. The first-order chi connectivity index (χ1) is 19.7. The van der Waals surface area contributed by atoms with Crippen LogP contribution < -0.4 is 14.2 Å². The normalized spacial score (nSPS) is 20.2. The van der Waals surface area contributed by atoms with Gasteiger partial charge in [0.25, 0.3) is 5.52 Å². The Labute approximate surface area is 229 Å². The summed E-state index contributed by atoms with van der Waals surface area (Å²) in [5.74, 6) is 2.10. The van der Waals surface area contributed by atoms with E-state index in [1.54, 1.807) is 0 Å². The van der Waals surface area contributed by atoms with E-state index >= 15 is 0 Å². The van der Waals surface area contributed by atoms with Gasteiger partial charge in [-0.3, -0.25) is 4.79 Å². The number of aliphatic hydroxyl groups is 1. The molecular formula is C34H25N2O4+. The number of allylic oxidation sites excluding steroid dienone is 4. The van der Waals surface area contributed by atoms with Crippen LogP contribution in [0.2, 0.25) is 0 Å². The number of fused-ring (bicyclic) bond motifs is 10. The molecular weight excluding hydrogens is 500 g/mol. The Morgan fingerprint density at radius 2 is 1.55 bits per heavy atom. The van der Waals surface area contributed by atoms with Crippen LogP contribution in [0.25, 0.3) is 38.2 Å². The maximum absolute atomic E-state index is 13.8. The van der Waals surface area contributed by atoms with Gasteiger partial charge in [-0.2, -0.15) is 4.57 Å². The van der Waals surface area contributed by atoms with E-state index in [9.17, 15) is 9.90 Å². The minimum absolute atomic E-state index is 0.0625. The molecule has 4 aliphatic rings. The summed E-state index contributed by atoms with van der Waals surface area (Å²) in [4.78, 5) is 16.0. The van der Waals surface area contributed by atoms with Crippen LogP contribution in [-0.2, 0) is 11.3 Å². The number of carbonyl (C=O) groups is 1. The highest BCUT2D eigenvalue weighted by Crippen LogP contribution is 2.50. The molecule has 1 N–H and O–H groups in total. The quantitative estimate of drug-likeness (QED) is 0.191. The van der Waals surface area contributed by atoms with Crippen molar-refractivity contribution in [1.82, 2.24) is 0 Å². The van der Waals surface area contributed by atoms with E-state index in [-0.39, 0.29) is 11.5 Å². The summed E-state index contributed by atoms with van der Waals surface area (Å²) in [6, 6.07) is 24.7. The number of carbonyl (C=O) groups excluding carboxylic acids is 1. The second-order valence-corrected chi connectivity index (χ2v) is 11.0. The first-order valence-corrected chi connectivity index (χ1v) is 14.0. The van der Waals surface area contributed by atoms with Gasteiger partial charge in [0.1, 0.15) is 5.76 Å². The molecule has 0 saturated heterocycles. The summed E-state index contributed by atoms with van der Waals surface area (Å²) in [5.41, 5.74) is 5.20. The molecule has 0 bridgehead atoms. The summed E-state index contributed by atoms with van der Waals surface area (Å²) in [7, 11) is 0. The zero-order valence-electron chi connectivity index (χ0n) is 21.7. The summed E-state index contributed by atoms with van der Waals surface area (Å²) in [6.45, 7) is 1.62. The largest absolute Gasteiger partial charge is 0.506 e. The fraction of sp³-hybridized carbons (Fsp3) is 0.176. The minimum atomic E-state index is -0.125. The SMILES string of the molecule is O=C1C(C2=C3Oc4c(ccc5ccccc45)N3CCC2)=C(O)C1=C1CCC[n+]2c1oc1ccc3ccccc3c12. The number of aryl methyl sites for hydroxylation is 1. The van der Waals surface area contributed by atoms with Crippen LogP contribution >= 0.6 is 0 Å². The van der Waals surface area contributed by atoms with Crippen molar-refractivity contribution in [2.75, 3.05) is 11.4 Å². The summed E-state index contributed by atoms with van der Waals surface area (Å²) in [6.07, 6.45) is 3.11. The molecule has 0 amide bonds. The molecule has 1 aliphatic carbocycles. The van der Waals surface area contributed by atoms with E-state index in [0.717, 1.165) is 81.2 Å². The van der Waals surface area contributed by atoms with E-state index in [1.165, 1.54) is 0 Å². The van der Waals surface area contributed by atoms with Crippen LogP contribution in [0.1, 0.15) is 31.6 Å². The summed E-state index contributed by atoms with van der Waals surface area (Å²) in [5, 5.41) is 15.9. The number of aliphatic hydroxyl groups excluding tert-OH is 1. The molecule has 9 rings (SSSR count).